The molecule has 0 aliphatic carbocycles. The number of alkyl halides is 3. The first-order chi connectivity index (χ1) is 8.68. The van der Waals surface area contributed by atoms with Gasteiger partial charge in [0.15, 0.2) is 11.6 Å². The van der Waals surface area contributed by atoms with Gasteiger partial charge in [-0.15, -0.1) is 0 Å². The van der Waals surface area contributed by atoms with Crippen molar-refractivity contribution >= 4 is 17.6 Å². The quantitative estimate of drug-likeness (QED) is 0.831. The summed E-state index contributed by atoms with van der Waals surface area (Å²) in [5.74, 6) is -5.97. The summed E-state index contributed by atoms with van der Waals surface area (Å²) >= 11 is 0. The van der Waals surface area contributed by atoms with Gasteiger partial charge < -0.3 is 15.2 Å². The van der Waals surface area contributed by atoms with E-state index in [1.54, 1.807) is 0 Å². The fourth-order valence-corrected chi connectivity index (χ4v) is 1.24. The van der Waals surface area contributed by atoms with Crippen molar-refractivity contribution in [2.75, 3.05) is 12.4 Å². The maximum Gasteiger partial charge on any atom is 0.471 e. The summed E-state index contributed by atoms with van der Waals surface area (Å²) in [6.07, 6.45) is -5.24. The lowest BCUT2D eigenvalue weighted by Gasteiger charge is -2.14. The van der Waals surface area contributed by atoms with E-state index >= 15 is 0 Å². The van der Waals surface area contributed by atoms with Crippen molar-refractivity contribution in [1.29, 1.82) is 0 Å². The highest BCUT2D eigenvalue weighted by atomic mass is 19.4. The number of hydrogen-bond acceptors (Lipinski definition) is 3. The molecular formula is C10H7F4NO4. The molecule has 0 heterocycles. The number of halogens is 4. The minimum Gasteiger partial charge on any atom is -0.492 e. The van der Waals surface area contributed by atoms with Gasteiger partial charge in [-0.25, -0.2) is 9.18 Å². The second-order valence-electron chi connectivity index (χ2n) is 3.26. The van der Waals surface area contributed by atoms with Crippen molar-refractivity contribution < 1.29 is 37.0 Å². The third-order valence-electron chi connectivity index (χ3n) is 2.04. The van der Waals surface area contributed by atoms with Crippen molar-refractivity contribution in [2.45, 2.75) is 6.18 Å². The Morgan fingerprint density at radius 2 is 1.89 bits per heavy atom. The molecule has 0 fully saturated rings. The first kappa shape index (κ1) is 14.7. The van der Waals surface area contributed by atoms with Crippen LogP contribution in [-0.4, -0.2) is 30.3 Å². The van der Waals surface area contributed by atoms with Gasteiger partial charge >= 0.3 is 18.1 Å². The average molecular weight is 281 g/mol. The number of benzene rings is 1. The molecule has 5 nitrogen and oxygen atoms in total. The van der Waals surface area contributed by atoms with Crippen LogP contribution in [0.1, 0.15) is 10.4 Å². The van der Waals surface area contributed by atoms with Crippen LogP contribution in [0.3, 0.4) is 0 Å². The maximum atomic E-state index is 13.3. The van der Waals surface area contributed by atoms with Crippen molar-refractivity contribution in [3.05, 3.63) is 23.5 Å². The molecule has 0 aliphatic rings. The largest absolute Gasteiger partial charge is 0.492 e. The average Bonchev–Trinajstić information content (AvgIpc) is 2.27. The van der Waals surface area contributed by atoms with E-state index in [0.717, 1.165) is 7.11 Å². The van der Waals surface area contributed by atoms with Crippen LogP contribution in [-0.2, 0) is 4.79 Å². The zero-order valence-corrected chi connectivity index (χ0v) is 9.34. The second-order valence-corrected chi connectivity index (χ2v) is 3.26. The van der Waals surface area contributed by atoms with Crippen LogP contribution in [0.4, 0.5) is 23.2 Å². The molecular weight excluding hydrogens is 274 g/mol. The minimum absolute atomic E-state index is 0.700. The van der Waals surface area contributed by atoms with E-state index in [2.05, 4.69) is 4.74 Å². The number of amides is 1. The third kappa shape index (κ3) is 3.12. The highest BCUT2D eigenvalue weighted by Gasteiger charge is 2.40. The van der Waals surface area contributed by atoms with E-state index < -0.39 is 40.9 Å². The summed E-state index contributed by atoms with van der Waals surface area (Å²) in [4.78, 5) is 21.6. The van der Waals surface area contributed by atoms with Crippen LogP contribution < -0.4 is 10.1 Å². The number of carboxylic acid groups (broad SMARTS) is 1. The number of carbonyl (C=O) groups is 2. The topological polar surface area (TPSA) is 75.6 Å². The van der Waals surface area contributed by atoms with Crippen LogP contribution in [0.2, 0.25) is 0 Å². The molecule has 0 atom stereocenters. The van der Waals surface area contributed by atoms with Crippen molar-refractivity contribution in [3.63, 3.8) is 0 Å². The van der Waals surface area contributed by atoms with E-state index in [4.69, 9.17) is 5.11 Å². The van der Waals surface area contributed by atoms with Gasteiger partial charge in [-0.1, -0.05) is 0 Å². The highest BCUT2D eigenvalue weighted by Crippen LogP contribution is 2.33. The fourth-order valence-electron chi connectivity index (χ4n) is 1.24. The molecule has 0 bridgehead atoms. The van der Waals surface area contributed by atoms with Gasteiger partial charge in [-0.2, -0.15) is 13.2 Å². The summed E-state index contributed by atoms with van der Waals surface area (Å²) in [6, 6.07) is 1.41. The number of carboxylic acids is 1. The smallest absolute Gasteiger partial charge is 0.471 e. The van der Waals surface area contributed by atoms with Gasteiger partial charge in [0, 0.05) is 0 Å². The Labute approximate surface area is 103 Å². The van der Waals surface area contributed by atoms with Crippen LogP contribution in [0, 0.1) is 5.82 Å². The number of methoxy groups -OCH3 is 1. The summed E-state index contributed by atoms with van der Waals surface area (Å²) in [5, 5.41) is 10.1. The van der Waals surface area contributed by atoms with Gasteiger partial charge in [0.25, 0.3) is 0 Å². The Morgan fingerprint density at radius 3 is 2.32 bits per heavy atom. The number of ether oxygens (including phenoxy) is 1. The van der Waals surface area contributed by atoms with Gasteiger partial charge in [-0.05, 0) is 12.1 Å². The monoisotopic (exact) mass is 281 g/mol. The van der Waals surface area contributed by atoms with Crippen molar-refractivity contribution in [2.24, 2.45) is 0 Å². The normalized spacial score (nSPS) is 11.0. The molecule has 1 amide bonds. The summed E-state index contributed by atoms with van der Waals surface area (Å²) in [7, 11) is 0.924. The zero-order chi connectivity index (χ0) is 14.8. The lowest BCUT2D eigenvalue weighted by atomic mass is 10.1. The van der Waals surface area contributed by atoms with Crippen LogP contribution in [0.25, 0.3) is 0 Å². The molecule has 9 heteroatoms. The Hall–Kier alpha value is -2.32. The van der Waals surface area contributed by atoms with Gasteiger partial charge in [0.1, 0.15) is 5.69 Å². The molecule has 2 N–H and O–H groups in total. The Bertz CT molecular complexity index is 527. The molecule has 0 saturated carbocycles. The number of aromatic carboxylic acids is 1. The van der Waals surface area contributed by atoms with Crippen molar-refractivity contribution in [1.82, 2.24) is 0 Å². The molecule has 0 saturated heterocycles. The van der Waals surface area contributed by atoms with Gasteiger partial charge in [0.2, 0.25) is 0 Å². The predicted octanol–water partition coefficient (Wildman–Crippen LogP) is 2.03. The Kier molecular flexibility index (Phi) is 3.98. The van der Waals surface area contributed by atoms with E-state index in [-0.39, 0.29) is 0 Å². The van der Waals surface area contributed by atoms with Crippen LogP contribution in [0.15, 0.2) is 12.1 Å². The molecule has 1 aromatic carbocycles. The van der Waals surface area contributed by atoms with Gasteiger partial charge in [-0.3, -0.25) is 4.79 Å². The Balaban J connectivity index is 3.34. The number of nitrogens with one attached hydrogen (secondary N) is 1. The zero-order valence-electron chi connectivity index (χ0n) is 9.34. The molecule has 1 rings (SSSR count). The summed E-state index contributed by atoms with van der Waals surface area (Å²) in [6.45, 7) is 0. The number of carbonyl (C=O) groups excluding carboxylic acids is 1. The molecule has 0 radical (unpaired) electrons. The van der Waals surface area contributed by atoms with E-state index in [0.29, 0.717) is 12.1 Å². The lowest BCUT2D eigenvalue weighted by molar-refractivity contribution is -0.167. The molecule has 1 aromatic rings. The predicted molar refractivity (Wildman–Crippen MR) is 54.6 cm³/mol. The van der Waals surface area contributed by atoms with Crippen LogP contribution >= 0.6 is 0 Å². The minimum atomic E-state index is -5.24. The standard InChI is InChI=1S/C10H7F4NO4/c1-19-7-5(11)3-2-4(8(16)17)6(7)15-9(18)10(12,13)14/h2-3H,1H3,(H,15,18)(H,16,17). The summed E-state index contributed by atoms with van der Waals surface area (Å²) in [5.41, 5.74) is -1.62. The van der Waals surface area contributed by atoms with Crippen LogP contribution in [0.5, 0.6) is 5.75 Å². The molecule has 0 aromatic heterocycles. The fraction of sp³-hybridized carbons (Fsp3) is 0.200. The number of rotatable bonds is 3. The molecule has 19 heavy (non-hydrogen) atoms. The lowest BCUT2D eigenvalue weighted by Crippen LogP contribution is -2.31. The maximum absolute atomic E-state index is 13.3. The van der Waals surface area contributed by atoms with E-state index in [1.165, 1.54) is 5.32 Å². The first-order valence-electron chi connectivity index (χ1n) is 4.66. The summed E-state index contributed by atoms with van der Waals surface area (Å²) < 4.78 is 54.1. The van der Waals surface area contributed by atoms with E-state index in [1.807, 2.05) is 0 Å². The highest BCUT2D eigenvalue weighted by molar-refractivity contribution is 6.04. The number of anilines is 1. The second kappa shape index (κ2) is 5.12. The third-order valence-corrected chi connectivity index (χ3v) is 2.04. The van der Waals surface area contributed by atoms with Gasteiger partial charge in [0.05, 0.1) is 12.7 Å². The van der Waals surface area contributed by atoms with E-state index in [9.17, 15) is 27.2 Å². The van der Waals surface area contributed by atoms with Crippen molar-refractivity contribution in [3.8, 4) is 5.75 Å². The number of hydrogen-bond donors (Lipinski definition) is 2. The molecule has 0 unspecified atom stereocenters. The Morgan fingerprint density at radius 1 is 1.32 bits per heavy atom. The SMILES string of the molecule is COc1c(F)ccc(C(=O)O)c1NC(=O)C(F)(F)F. The molecule has 0 spiro atoms. The molecule has 104 valence electrons. The molecule has 0 aliphatic heterocycles. The first-order valence-corrected chi connectivity index (χ1v) is 4.66.